The minimum Gasteiger partial charge on any atom is -0.473 e. The van der Waals surface area contributed by atoms with Crippen LogP contribution in [0.5, 0.6) is 5.88 Å². The van der Waals surface area contributed by atoms with Gasteiger partial charge >= 0.3 is 5.97 Å². The highest BCUT2D eigenvalue weighted by Gasteiger charge is 2.15. The molecule has 3 aromatic rings. The van der Waals surface area contributed by atoms with Crippen molar-refractivity contribution in [2.75, 3.05) is 13.7 Å². The molecule has 6 heteroatoms. The van der Waals surface area contributed by atoms with E-state index in [4.69, 9.17) is 14.2 Å². The summed E-state index contributed by atoms with van der Waals surface area (Å²) in [5.41, 5.74) is 6.23. The van der Waals surface area contributed by atoms with Gasteiger partial charge in [-0.1, -0.05) is 18.2 Å². The van der Waals surface area contributed by atoms with Crippen LogP contribution in [0.15, 0.2) is 48.5 Å². The van der Waals surface area contributed by atoms with Gasteiger partial charge < -0.3 is 14.2 Å². The van der Waals surface area contributed by atoms with Crippen LogP contribution in [-0.4, -0.2) is 24.7 Å². The second kappa shape index (κ2) is 9.27. The van der Waals surface area contributed by atoms with Gasteiger partial charge in [-0.25, -0.2) is 9.37 Å². The maximum atomic E-state index is 13.8. The van der Waals surface area contributed by atoms with E-state index >= 15 is 0 Å². The molecule has 0 spiro atoms. The monoisotopic (exact) mass is 421 g/mol. The van der Waals surface area contributed by atoms with Crippen molar-refractivity contribution in [3.8, 4) is 17.1 Å². The second-order valence-electron chi connectivity index (χ2n) is 7.55. The number of halogens is 1. The lowest BCUT2D eigenvalue weighted by Gasteiger charge is -2.17. The van der Waals surface area contributed by atoms with Crippen molar-refractivity contribution in [3.63, 3.8) is 0 Å². The van der Waals surface area contributed by atoms with Crippen LogP contribution in [0.4, 0.5) is 4.39 Å². The topological polar surface area (TPSA) is 57.7 Å². The van der Waals surface area contributed by atoms with Gasteiger partial charge in [-0.15, -0.1) is 0 Å². The number of pyridine rings is 1. The van der Waals surface area contributed by atoms with Crippen LogP contribution >= 0.6 is 0 Å². The molecule has 1 aliphatic heterocycles. The molecule has 2 heterocycles. The lowest BCUT2D eigenvalue weighted by Crippen LogP contribution is -2.10. The number of methoxy groups -OCH3 is 1. The summed E-state index contributed by atoms with van der Waals surface area (Å²) in [6.07, 6.45) is 0.718. The lowest BCUT2D eigenvalue weighted by atomic mass is 9.95. The third-order valence-corrected chi connectivity index (χ3v) is 5.43. The van der Waals surface area contributed by atoms with Gasteiger partial charge in [0, 0.05) is 11.6 Å². The average Bonchev–Trinajstić information content (AvgIpc) is 2.76. The summed E-state index contributed by atoms with van der Waals surface area (Å²) >= 11 is 0. The third kappa shape index (κ3) is 4.91. The summed E-state index contributed by atoms with van der Waals surface area (Å²) in [6, 6.07) is 14.3. The molecule has 1 aliphatic rings. The van der Waals surface area contributed by atoms with Gasteiger partial charge in [0.2, 0.25) is 5.88 Å². The van der Waals surface area contributed by atoms with E-state index in [2.05, 4.69) is 4.98 Å². The molecule has 0 unspecified atom stereocenters. The molecule has 160 valence electrons. The Balaban J connectivity index is 1.75. The first-order valence-corrected chi connectivity index (χ1v) is 10.2. The molecule has 0 radical (unpaired) electrons. The molecule has 0 saturated heterocycles. The van der Waals surface area contributed by atoms with E-state index in [1.165, 1.54) is 19.2 Å². The lowest BCUT2D eigenvalue weighted by molar-refractivity contribution is -0.139. The molecule has 0 aliphatic carbocycles. The van der Waals surface area contributed by atoms with Crippen molar-refractivity contribution in [3.05, 3.63) is 82.2 Å². The van der Waals surface area contributed by atoms with Crippen LogP contribution < -0.4 is 4.74 Å². The Bertz CT molecular complexity index is 1110. The number of aryl methyl sites for hydroxylation is 1. The highest BCUT2D eigenvalue weighted by atomic mass is 19.1. The number of esters is 1. The Morgan fingerprint density at radius 1 is 1.10 bits per heavy atom. The van der Waals surface area contributed by atoms with Crippen LogP contribution in [0.25, 0.3) is 11.3 Å². The number of fused-ring (bicyclic) bond motifs is 6. The van der Waals surface area contributed by atoms with Gasteiger partial charge in [-0.3, -0.25) is 4.79 Å². The Morgan fingerprint density at radius 3 is 2.81 bits per heavy atom. The van der Waals surface area contributed by atoms with Crippen LogP contribution in [0, 0.1) is 12.7 Å². The van der Waals surface area contributed by atoms with E-state index in [9.17, 15) is 9.18 Å². The molecule has 5 nitrogen and oxygen atoms in total. The van der Waals surface area contributed by atoms with Gasteiger partial charge in [-0.05, 0) is 65.4 Å². The molecular weight excluding hydrogens is 397 g/mol. The Labute approximate surface area is 180 Å². The zero-order chi connectivity index (χ0) is 21.8. The van der Waals surface area contributed by atoms with Crippen molar-refractivity contribution < 1.29 is 23.4 Å². The number of carbonyl (C=O) groups excluding carboxylic acids is 1. The molecule has 1 aromatic heterocycles. The number of ether oxygens (including phenoxy) is 3. The Kier molecular flexibility index (Phi) is 6.28. The Morgan fingerprint density at radius 2 is 1.97 bits per heavy atom. The number of rotatable bonds is 2. The van der Waals surface area contributed by atoms with Gasteiger partial charge in [0.25, 0.3) is 0 Å². The highest BCUT2D eigenvalue weighted by Crippen LogP contribution is 2.28. The van der Waals surface area contributed by atoms with Gasteiger partial charge in [0.05, 0.1) is 32.4 Å². The molecule has 0 saturated carbocycles. The summed E-state index contributed by atoms with van der Waals surface area (Å²) in [6.45, 7) is 3.04. The fraction of sp³-hybridized carbons (Fsp3) is 0.280. The van der Waals surface area contributed by atoms with Crippen LogP contribution in [0.1, 0.15) is 27.8 Å². The van der Waals surface area contributed by atoms with E-state index in [1.54, 1.807) is 6.07 Å². The average molecular weight is 421 g/mol. The minimum atomic E-state index is -0.305. The number of aromatic nitrogens is 1. The first-order chi connectivity index (χ1) is 15.0. The number of hydrogen-bond donors (Lipinski definition) is 0. The first-order valence-electron chi connectivity index (χ1n) is 10.2. The smallest absolute Gasteiger partial charge is 0.309 e. The highest BCUT2D eigenvalue weighted by molar-refractivity contribution is 5.74. The fourth-order valence-electron chi connectivity index (χ4n) is 3.74. The minimum absolute atomic E-state index is 0.168. The number of carbonyl (C=O) groups is 1. The molecule has 31 heavy (non-hydrogen) atoms. The van der Waals surface area contributed by atoms with Crippen LogP contribution in [0.3, 0.4) is 0 Å². The summed E-state index contributed by atoms with van der Waals surface area (Å²) in [5.74, 6) is -0.0927. The first kappa shape index (κ1) is 21.0. The van der Waals surface area contributed by atoms with Crippen molar-refractivity contribution in [1.29, 1.82) is 0 Å². The van der Waals surface area contributed by atoms with E-state index in [-0.39, 0.29) is 18.2 Å². The predicted octanol–water partition coefficient (Wildman–Crippen LogP) is 4.56. The third-order valence-electron chi connectivity index (χ3n) is 5.43. The van der Waals surface area contributed by atoms with Crippen LogP contribution in [0.2, 0.25) is 0 Å². The van der Waals surface area contributed by atoms with Crippen LogP contribution in [-0.2, 0) is 40.3 Å². The maximum absolute atomic E-state index is 13.8. The fourth-order valence-corrected chi connectivity index (χ4v) is 3.74. The van der Waals surface area contributed by atoms with Crippen molar-refractivity contribution in [2.24, 2.45) is 0 Å². The van der Waals surface area contributed by atoms with Crippen molar-refractivity contribution >= 4 is 5.97 Å². The van der Waals surface area contributed by atoms with Crippen molar-refractivity contribution in [1.82, 2.24) is 4.98 Å². The number of hydrogen-bond acceptors (Lipinski definition) is 5. The SMILES string of the molecule is COC(=O)Cc1cc(C)c2cc1COCCc1cc(F)ccc1COc1cccc-2n1. The second-order valence-corrected chi connectivity index (χ2v) is 7.55. The normalized spacial score (nSPS) is 13.5. The maximum Gasteiger partial charge on any atom is 0.309 e. The number of benzene rings is 2. The molecular formula is C25H24FNO4. The number of nitrogens with zero attached hydrogens (tertiary/aromatic N) is 1. The molecule has 0 fully saturated rings. The summed E-state index contributed by atoms with van der Waals surface area (Å²) in [5, 5.41) is 0. The molecule has 0 amide bonds. The van der Waals surface area contributed by atoms with E-state index < -0.39 is 0 Å². The molecule has 0 atom stereocenters. The van der Waals surface area contributed by atoms with Gasteiger partial charge in [0.15, 0.2) is 0 Å². The van der Waals surface area contributed by atoms with Crippen molar-refractivity contribution in [2.45, 2.75) is 33.0 Å². The van der Waals surface area contributed by atoms with E-state index in [0.29, 0.717) is 32.1 Å². The molecule has 4 bridgehead atoms. The Hall–Kier alpha value is -3.25. The zero-order valence-corrected chi connectivity index (χ0v) is 17.6. The standard InChI is InChI=1S/C25H24FNO4/c1-16-10-19(13-25(28)29-2)20-12-22(16)23-4-3-5-24(27-23)31-15-18-6-7-21(26)11-17(18)8-9-30-14-20/h3-7,10-12H,8-9,13-15H2,1-2H3. The zero-order valence-electron chi connectivity index (χ0n) is 17.6. The molecule has 0 N–H and O–H groups in total. The predicted molar refractivity (Wildman–Crippen MR) is 114 cm³/mol. The van der Waals surface area contributed by atoms with E-state index in [0.717, 1.165) is 39.1 Å². The molecule has 4 rings (SSSR count). The van der Waals surface area contributed by atoms with Gasteiger partial charge in [0.1, 0.15) is 12.4 Å². The summed E-state index contributed by atoms with van der Waals surface area (Å²) in [7, 11) is 1.38. The largest absolute Gasteiger partial charge is 0.473 e. The summed E-state index contributed by atoms with van der Waals surface area (Å²) in [4.78, 5) is 16.6. The summed E-state index contributed by atoms with van der Waals surface area (Å²) < 4.78 is 30.5. The van der Waals surface area contributed by atoms with E-state index in [1.807, 2.05) is 37.3 Å². The quantitative estimate of drug-likeness (QED) is 0.568. The van der Waals surface area contributed by atoms with Gasteiger partial charge in [-0.2, -0.15) is 0 Å². The molecule has 2 aromatic carbocycles.